The summed E-state index contributed by atoms with van der Waals surface area (Å²) in [6, 6.07) is 4.16. The Morgan fingerprint density at radius 1 is 1.53 bits per heavy atom. The highest BCUT2D eigenvalue weighted by molar-refractivity contribution is 6.30. The van der Waals surface area contributed by atoms with E-state index in [1.165, 1.54) is 12.1 Å². The van der Waals surface area contributed by atoms with Gasteiger partial charge in [0.15, 0.2) is 0 Å². The monoisotopic (exact) mass is 258 g/mol. The summed E-state index contributed by atoms with van der Waals surface area (Å²) in [6.07, 6.45) is 0. The Balaban J connectivity index is 2.73. The first-order chi connectivity index (χ1) is 7.95. The molecule has 0 radical (unpaired) electrons. The van der Waals surface area contributed by atoms with Gasteiger partial charge in [-0.3, -0.25) is 4.79 Å². The molecular formula is C12H16ClFN2O. The molecule has 2 unspecified atom stereocenters. The van der Waals surface area contributed by atoms with E-state index in [1.54, 1.807) is 13.0 Å². The number of amides is 1. The van der Waals surface area contributed by atoms with Crippen LogP contribution < -0.4 is 11.1 Å². The summed E-state index contributed by atoms with van der Waals surface area (Å²) >= 11 is 5.68. The number of halogens is 2. The molecule has 0 aromatic heterocycles. The van der Waals surface area contributed by atoms with Gasteiger partial charge in [-0.1, -0.05) is 24.6 Å². The largest absolute Gasteiger partial charge is 0.349 e. The summed E-state index contributed by atoms with van der Waals surface area (Å²) < 4.78 is 13.0. The van der Waals surface area contributed by atoms with Crippen molar-refractivity contribution in [2.45, 2.75) is 19.9 Å². The smallest absolute Gasteiger partial charge is 0.224 e. The van der Waals surface area contributed by atoms with E-state index in [0.29, 0.717) is 6.54 Å². The lowest BCUT2D eigenvalue weighted by Crippen LogP contribution is -2.34. The zero-order valence-electron chi connectivity index (χ0n) is 9.84. The molecular weight excluding hydrogens is 243 g/mol. The van der Waals surface area contributed by atoms with E-state index in [2.05, 4.69) is 5.32 Å². The Labute approximate surface area is 105 Å². The fourth-order valence-corrected chi connectivity index (χ4v) is 1.52. The van der Waals surface area contributed by atoms with Gasteiger partial charge in [0.05, 0.1) is 11.1 Å². The van der Waals surface area contributed by atoms with Crippen LogP contribution in [0.4, 0.5) is 4.39 Å². The quantitative estimate of drug-likeness (QED) is 0.870. The summed E-state index contributed by atoms with van der Waals surface area (Å²) in [5.41, 5.74) is 6.16. The molecule has 2 atom stereocenters. The first-order valence-corrected chi connectivity index (χ1v) is 5.79. The highest BCUT2D eigenvalue weighted by Crippen LogP contribution is 2.20. The summed E-state index contributed by atoms with van der Waals surface area (Å²) in [5, 5.41) is 2.84. The molecule has 0 fully saturated rings. The van der Waals surface area contributed by atoms with Crippen molar-refractivity contribution in [1.29, 1.82) is 0 Å². The van der Waals surface area contributed by atoms with Crippen LogP contribution in [0.25, 0.3) is 0 Å². The molecule has 1 rings (SSSR count). The van der Waals surface area contributed by atoms with E-state index in [0.717, 1.165) is 5.56 Å². The maximum atomic E-state index is 13.0. The van der Waals surface area contributed by atoms with Crippen LogP contribution in [-0.4, -0.2) is 12.5 Å². The average Bonchev–Trinajstić information content (AvgIpc) is 2.31. The highest BCUT2D eigenvalue weighted by atomic mass is 35.5. The molecule has 0 aliphatic rings. The van der Waals surface area contributed by atoms with Crippen molar-refractivity contribution in [1.82, 2.24) is 5.32 Å². The summed E-state index contributed by atoms with van der Waals surface area (Å²) in [7, 11) is 0. The molecule has 3 nitrogen and oxygen atoms in total. The van der Waals surface area contributed by atoms with E-state index in [4.69, 9.17) is 17.3 Å². The Hall–Kier alpha value is -1.13. The molecule has 0 spiro atoms. The molecule has 0 bridgehead atoms. The van der Waals surface area contributed by atoms with Gasteiger partial charge in [-0.15, -0.1) is 0 Å². The second-order valence-electron chi connectivity index (χ2n) is 4.04. The minimum Gasteiger partial charge on any atom is -0.349 e. The van der Waals surface area contributed by atoms with Crippen molar-refractivity contribution in [2.24, 2.45) is 11.7 Å². The van der Waals surface area contributed by atoms with Crippen LogP contribution in [0.15, 0.2) is 18.2 Å². The second kappa shape index (κ2) is 5.98. The fourth-order valence-electron chi connectivity index (χ4n) is 1.33. The van der Waals surface area contributed by atoms with Crippen molar-refractivity contribution >= 4 is 17.5 Å². The maximum Gasteiger partial charge on any atom is 0.224 e. The molecule has 5 heteroatoms. The lowest BCUT2D eigenvalue weighted by atomic mass is 10.1. The van der Waals surface area contributed by atoms with Crippen LogP contribution in [-0.2, 0) is 4.79 Å². The van der Waals surface area contributed by atoms with E-state index >= 15 is 0 Å². The zero-order valence-corrected chi connectivity index (χ0v) is 10.6. The summed E-state index contributed by atoms with van der Waals surface area (Å²) in [5.74, 6) is -0.835. The van der Waals surface area contributed by atoms with Gasteiger partial charge in [-0.25, -0.2) is 4.39 Å². The third-order valence-electron chi connectivity index (χ3n) is 2.60. The van der Waals surface area contributed by atoms with Gasteiger partial charge in [0.1, 0.15) is 5.82 Å². The number of carbonyl (C=O) groups is 1. The number of nitrogens with one attached hydrogen (secondary N) is 1. The highest BCUT2D eigenvalue weighted by Gasteiger charge is 2.15. The molecule has 0 saturated carbocycles. The molecule has 3 N–H and O–H groups in total. The van der Waals surface area contributed by atoms with Crippen molar-refractivity contribution in [3.8, 4) is 0 Å². The third-order valence-corrected chi connectivity index (χ3v) is 2.89. The minimum absolute atomic E-state index is 0.0514. The van der Waals surface area contributed by atoms with Crippen LogP contribution in [0, 0.1) is 11.7 Å². The molecule has 0 heterocycles. The van der Waals surface area contributed by atoms with Crippen molar-refractivity contribution in [3.63, 3.8) is 0 Å². The number of hydrogen-bond acceptors (Lipinski definition) is 2. The Kier molecular flexibility index (Phi) is 4.90. The van der Waals surface area contributed by atoms with E-state index in [1.807, 2.05) is 6.92 Å². The molecule has 0 aliphatic heterocycles. The molecule has 1 amide bonds. The fraction of sp³-hybridized carbons (Fsp3) is 0.417. The SMILES string of the molecule is CC(CN)C(=O)NC(C)c1ccc(F)c(Cl)c1. The van der Waals surface area contributed by atoms with Gasteiger partial charge >= 0.3 is 0 Å². The van der Waals surface area contributed by atoms with Gasteiger partial charge in [-0.05, 0) is 24.6 Å². The predicted octanol–water partition coefficient (Wildman–Crippen LogP) is 2.25. The number of nitrogens with two attached hydrogens (primary N) is 1. The molecule has 1 aromatic carbocycles. The van der Waals surface area contributed by atoms with Crippen molar-refractivity contribution in [3.05, 3.63) is 34.6 Å². The van der Waals surface area contributed by atoms with E-state index in [-0.39, 0.29) is 22.9 Å². The Bertz CT molecular complexity index is 411. The minimum atomic E-state index is -0.468. The van der Waals surface area contributed by atoms with E-state index in [9.17, 15) is 9.18 Å². The van der Waals surface area contributed by atoms with Crippen LogP contribution >= 0.6 is 11.6 Å². The van der Waals surface area contributed by atoms with Gasteiger partial charge in [0.2, 0.25) is 5.91 Å². The van der Waals surface area contributed by atoms with Crippen LogP contribution in [0.3, 0.4) is 0 Å². The van der Waals surface area contributed by atoms with Crippen LogP contribution in [0.1, 0.15) is 25.5 Å². The lowest BCUT2D eigenvalue weighted by molar-refractivity contribution is -0.124. The normalized spacial score (nSPS) is 14.2. The topological polar surface area (TPSA) is 55.1 Å². The predicted molar refractivity (Wildman–Crippen MR) is 66.2 cm³/mol. The standard InChI is InChI=1S/C12H16ClFN2O/c1-7(6-15)12(17)16-8(2)9-3-4-11(14)10(13)5-9/h3-5,7-8H,6,15H2,1-2H3,(H,16,17). The average molecular weight is 259 g/mol. The second-order valence-corrected chi connectivity index (χ2v) is 4.45. The molecule has 94 valence electrons. The number of hydrogen-bond donors (Lipinski definition) is 2. The molecule has 0 saturated heterocycles. The number of carbonyl (C=O) groups excluding carboxylic acids is 1. The van der Waals surface area contributed by atoms with Gasteiger partial charge in [0, 0.05) is 12.5 Å². The number of rotatable bonds is 4. The molecule has 1 aromatic rings. The zero-order chi connectivity index (χ0) is 13.0. The van der Waals surface area contributed by atoms with Gasteiger partial charge < -0.3 is 11.1 Å². The molecule has 0 aliphatic carbocycles. The molecule has 17 heavy (non-hydrogen) atoms. The lowest BCUT2D eigenvalue weighted by Gasteiger charge is -2.17. The third kappa shape index (κ3) is 3.68. The van der Waals surface area contributed by atoms with Gasteiger partial charge in [-0.2, -0.15) is 0 Å². The van der Waals surface area contributed by atoms with E-state index < -0.39 is 5.82 Å². The first-order valence-electron chi connectivity index (χ1n) is 5.41. The van der Waals surface area contributed by atoms with Crippen molar-refractivity contribution < 1.29 is 9.18 Å². The first kappa shape index (κ1) is 13.9. The Morgan fingerprint density at radius 3 is 2.71 bits per heavy atom. The number of benzene rings is 1. The van der Waals surface area contributed by atoms with Crippen LogP contribution in [0.5, 0.6) is 0 Å². The summed E-state index contributed by atoms with van der Waals surface area (Å²) in [4.78, 5) is 11.6. The summed E-state index contributed by atoms with van der Waals surface area (Å²) in [6.45, 7) is 3.85. The maximum absolute atomic E-state index is 13.0. The van der Waals surface area contributed by atoms with Gasteiger partial charge in [0.25, 0.3) is 0 Å². The Morgan fingerprint density at radius 2 is 2.18 bits per heavy atom. The van der Waals surface area contributed by atoms with Crippen molar-refractivity contribution in [2.75, 3.05) is 6.54 Å². The van der Waals surface area contributed by atoms with Crippen LogP contribution in [0.2, 0.25) is 5.02 Å².